The molecule has 0 spiro atoms. The number of carbonyl (C=O) groups is 1. The number of carbonyl (C=O) groups excluding carboxylic acids is 1. The van der Waals surface area contributed by atoms with E-state index in [4.69, 9.17) is 0 Å². The Morgan fingerprint density at radius 3 is 2.83 bits per heavy atom. The van der Waals surface area contributed by atoms with Crippen LogP contribution in [0.1, 0.15) is 41.3 Å². The molecule has 2 heterocycles. The lowest BCUT2D eigenvalue weighted by Crippen LogP contribution is -2.42. The van der Waals surface area contributed by atoms with Crippen molar-refractivity contribution in [2.75, 3.05) is 13.1 Å². The summed E-state index contributed by atoms with van der Waals surface area (Å²) in [4.78, 5) is 27.3. The highest BCUT2D eigenvalue weighted by Gasteiger charge is 2.24. The second kappa shape index (κ2) is 7.04. The minimum atomic E-state index is -0.206. The van der Waals surface area contributed by atoms with Crippen LogP contribution in [0.2, 0.25) is 0 Å². The fourth-order valence-corrected chi connectivity index (χ4v) is 3.38. The predicted molar refractivity (Wildman–Crippen MR) is 95.3 cm³/mol. The zero-order valence-corrected chi connectivity index (χ0v) is 14.4. The number of amides is 1. The van der Waals surface area contributed by atoms with E-state index in [0.29, 0.717) is 12.5 Å². The smallest absolute Gasteiger partial charge is 0.263 e. The Bertz CT molecular complexity index is 794. The van der Waals surface area contributed by atoms with Crippen molar-refractivity contribution in [3.8, 4) is 0 Å². The molecule has 0 radical (unpaired) electrons. The summed E-state index contributed by atoms with van der Waals surface area (Å²) in [5.74, 6) is 0.367. The first-order valence-electron chi connectivity index (χ1n) is 8.59. The van der Waals surface area contributed by atoms with Gasteiger partial charge in [-0.2, -0.15) is 0 Å². The third kappa shape index (κ3) is 3.58. The van der Waals surface area contributed by atoms with Gasteiger partial charge < -0.3 is 9.47 Å². The van der Waals surface area contributed by atoms with Gasteiger partial charge in [-0.25, -0.2) is 0 Å². The lowest BCUT2D eigenvalue weighted by Gasteiger charge is -2.30. The van der Waals surface area contributed by atoms with E-state index in [0.717, 1.165) is 37.1 Å². The maximum Gasteiger partial charge on any atom is 0.263 e. The summed E-state index contributed by atoms with van der Waals surface area (Å²) in [5, 5.41) is 0. The van der Waals surface area contributed by atoms with E-state index >= 15 is 0 Å². The van der Waals surface area contributed by atoms with E-state index < -0.39 is 0 Å². The molecule has 1 aliphatic rings. The third-order valence-corrected chi connectivity index (χ3v) is 4.63. The molecule has 1 unspecified atom stereocenters. The van der Waals surface area contributed by atoms with Crippen molar-refractivity contribution >= 4 is 5.91 Å². The quantitative estimate of drug-likeness (QED) is 0.871. The highest BCUT2D eigenvalue weighted by Crippen LogP contribution is 2.17. The van der Waals surface area contributed by atoms with E-state index in [1.807, 2.05) is 30.0 Å². The molecule has 126 valence electrons. The summed E-state index contributed by atoms with van der Waals surface area (Å²) in [6.45, 7) is 6.16. The van der Waals surface area contributed by atoms with E-state index in [9.17, 15) is 9.59 Å². The molecule has 1 fully saturated rings. The topological polar surface area (TPSA) is 42.3 Å². The van der Waals surface area contributed by atoms with Crippen LogP contribution in [0.15, 0.2) is 47.4 Å². The van der Waals surface area contributed by atoms with Crippen LogP contribution < -0.4 is 5.56 Å². The largest absolute Gasteiger partial charge is 0.338 e. The van der Waals surface area contributed by atoms with Crippen LogP contribution in [0.3, 0.4) is 0 Å². The number of likely N-dealkylation sites (tertiary alicyclic amines) is 1. The first-order chi connectivity index (χ1) is 11.5. The van der Waals surface area contributed by atoms with Crippen LogP contribution in [-0.4, -0.2) is 28.5 Å². The number of pyridine rings is 1. The van der Waals surface area contributed by atoms with Crippen molar-refractivity contribution in [1.82, 2.24) is 9.47 Å². The van der Waals surface area contributed by atoms with Gasteiger partial charge in [-0.3, -0.25) is 9.59 Å². The van der Waals surface area contributed by atoms with E-state index in [2.05, 4.69) is 13.0 Å². The molecule has 3 rings (SSSR count). The number of piperidine rings is 1. The normalized spacial score (nSPS) is 17.8. The Morgan fingerprint density at radius 2 is 2.08 bits per heavy atom. The van der Waals surface area contributed by atoms with Crippen LogP contribution in [-0.2, 0) is 6.54 Å². The summed E-state index contributed by atoms with van der Waals surface area (Å²) >= 11 is 0. The van der Waals surface area contributed by atoms with Crippen molar-refractivity contribution < 1.29 is 4.79 Å². The van der Waals surface area contributed by atoms with Gasteiger partial charge in [0.25, 0.3) is 11.5 Å². The van der Waals surface area contributed by atoms with Gasteiger partial charge in [0.1, 0.15) is 5.56 Å². The summed E-state index contributed by atoms with van der Waals surface area (Å²) in [7, 11) is 0. The van der Waals surface area contributed by atoms with Crippen LogP contribution in [0, 0.1) is 12.8 Å². The molecule has 1 aromatic heterocycles. The van der Waals surface area contributed by atoms with Crippen LogP contribution in [0.4, 0.5) is 0 Å². The predicted octanol–water partition coefficient (Wildman–Crippen LogP) is 3.08. The molecular weight excluding hydrogens is 300 g/mol. The monoisotopic (exact) mass is 324 g/mol. The van der Waals surface area contributed by atoms with Crippen LogP contribution >= 0.6 is 0 Å². The van der Waals surface area contributed by atoms with Gasteiger partial charge in [0.05, 0.1) is 6.54 Å². The van der Waals surface area contributed by atoms with Gasteiger partial charge >= 0.3 is 0 Å². The zero-order chi connectivity index (χ0) is 17.1. The van der Waals surface area contributed by atoms with Gasteiger partial charge in [0.2, 0.25) is 0 Å². The molecule has 0 bridgehead atoms. The van der Waals surface area contributed by atoms with Gasteiger partial charge in [-0.15, -0.1) is 0 Å². The fourth-order valence-electron chi connectivity index (χ4n) is 3.38. The molecule has 1 saturated heterocycles. The molecule has 1 amide bonds. The van der Waals surface area contributed by atoms with Crippen LogP contribution in [0.5, 0.6) is 0 Å². The Labute approximate surface area is 142 Å². The van der Waals surface area contributed by atoms with Gasteiger partial charge in [0, 0.05) is 19.3 Å². The van der Waals surface area contributed by atoms with Crippen molar-refractivity contribution in [2.45, 2.75) is 33.2 Å². The lowest BCUT2D eigenvalue weighted by atomic mass is 10.00. The van der Waals surface area contributed by atoms with E-state index in [-0.39, 0.29) is 17.0 Å². The van der Waals surface area contributed by atoms with E-state index in [1.165, 1.54) is 0 Å². The summed E-state index contributed by atoms with van der Waals surface area (Å²) < 4.78 is 1.62. The fraction of sp³-hybridized carbons (Fsp3) is 0.400. The number of rotatable bonds is 3. The van der Waals surface area contributed by atoms with Crippen molar-refractivity contribution in [1.29, 1.82) is 0 Å². The maximum absolute atomic E-state index is 12.7. The first kappa shape index (κ1) is 16.5. The SMILES string of the molecule is Cc1cccc(Cn2cccc(C(=O)N3CCCC(C)C3)c2=O)c1. The maximum atomic E-state index is 12.7. The molecule has 1 aliphatic heterocycles. The standard InChI is InChI=1S/C20H24N2O2/c1-15-6-3-8-17(12-15)14-22-11-5-9-18(20(22)24)19(23)21-10-4-7-16(2)13-21/h3,5-6,8-9,11-12,16H,4,7,10,13-14H2,1-2H3. The van der Waals surface area contributed by atoms with Crippen molar-refractivity contribution in [3.05, 3.63) is 69.6 Å². The minimum Gasteiger partial charge on any atom is -0.338 e. The molecular formula is C20H24N2O2. The molecule has 4 heteroatoms. The van der Waals surface area contributed by atoms with Crippen molar-refractivity contribution in [2.24, 2.45) is 5.92 Å². The Hall–Kier alpha value is -2.36. The Balaban J connectivity index is 1.85. The number of aryl methyl sites for hydroxylation is 1. The van der Waals surface area contributed by atoms with Crippen LogP contribution in [0.25, 0.3) is 0 Å². The molecule has 0 N–H and O–H groups in total. The Morgan fingerprint density at radius 1 is 1.25 bits per heavy atom. The lowest BCUT2D eigenvalue weighted by molar-refractivity contribution is 0.0680. The highest BCUT2D eigenvalue weighted by molar-refractivity contribution is 5.93. The molecule has 1 aromatic carbocycles. The minimum absolute atomic E-state index is 0.134. The summed E-state index contributed by atoms with van der Waals surface area (Å²) in [6, 6.07) is 11.5. The highest BCUT2D eigenvalue weighted by atomic mass is 16.2. The van der Waals surface area contributed by atoms with Gasteiger partial charge in [-0.1, -0.05) is 36.8 Å². The molecule has 0 saturated carbocycles. The molecule has 1 atom stereocenters. The number of nitrogens with zero attached hydrogens (tertiary/aromatic N) is 2. The second-order valence-corrected chi connectivity index (χ2v) is 6.84. The second-order valence-electron chi connectivity index (χ2n) is 6.84. The molecule has 2 aromatic rings. The number of hydrogen-bond donors (Lipinski definition) is 0. The zero-order valence-electron chi connectivity index (χ0n) is 14.4. The summed E-state index contributed by atoms with van der Waals surface area (Å²) in [5.41, 5.74) is 2.30. The third-order valence-electron chi connectivity index (χ3n) is 4.63. The number of benzene rings is 1. The van der Waals surface area contributed by atoms with Crippen molar-refractivity contribution in [3.63, 3.8) is 0 Å². The molecule has 0 aliphatic carbocycles. The first-order valence-corrected chi connectivity index (χ1v) is 8.59. The van der Waals surface area contributed by atoms with Gasteiger partial charge in [0.15, 0.2) is 0 Å². The van der Waals surface area contributed by atoms with E-state index in [1.54, 1.807) is 22.9 Å². The average Bonchev–Trinajstić information content (AvgIpc) is 2.56. The average molecular weight is 324 g/mol. The molecule has 24 heavy (non-hydrogen) atoms. The molecule has 4 nitrogen and oxygen atoms in total. The summed E-state index contributed by atoms with van der Waals surface area (Å²) in [6.07, 6.45) is 3.91. The number of hydrogen-bond acceptors (Lipinski definition) is 2. The van der Waals surface area contributed by atoms with Gasteiger partial charge in [-0.05, 0) is 43.4 Å². The Kier molecular flexibility index (Phi) is 4.84. The number of aromatic nitrogens is 1.